The van der Waals surface area contributed by atoms with Crippen molar-refractivity contribution in [3.05, 3.63) is 60.2 Å². The van der Waals surface area contributed by atoms with Crippen molar-refractivity contribution in [3.63, 3.8) is 0 Å². The average Bonchev–Trinajstić information content (AvgIpc) is 3.22. The summed E-state index contributed by atoms with van der Waals surface area (Å²) in [5, 5.41) is 3.23. The van der Waals surface area contributed by atoms with Gasteiger partial charge in [-0.05, 0) is 12.0 Å². The minimum atomic E-state index is -0.452. The van der Waals surface area contributed by atoms with E-state index in [1.165, 1.54) is 6.33 Å². The van der Waals surface area contributed by atoms with Crippen LogP contribution in [0.3, 0.4) is 0 Å². The number of carbonyl (C=O) groups is 1. The molecule has 114 valence electrons. The number of hydrogen-bond acceptors (Lipinski definition) is 4. The van der Waals surface area contributed by atoms with E-state index in [0.717, 1.165) is 41.3 Å². The molecule has 23 heavy (non-hydrogen) atoms. The zero-order chi connectivity index (χ0) is 15.8. The number of anilines is 1. The Bertz CT molecular complexity index is 885. The minimum absolute atomic E-state index is 0.452. The molecule has 0 unspecified atom stereocenters. The van der Waals surface area contributed by atoms with Crippen LogP contribution in [0.15, 0.2) is 49.1 Å². The standard InChI is InChI=1S/C17H15N5O/c18-15(23)14-9-22(8-13(14)11-4-2-1-3-5-11)17-12-6-7-19-16(12)20-10-21-17/h1-5,8-10H,6-7H2,(H2,18,23)(H,19,20,21). The monoisotopic (exact) mass is 305 g/mol. The maximum Gasteiger partial charge on any atom is 0.250 e. The highest BCUT2D eigenvalue weighted by atomic mass is 16.1. The average molecular weight is 305 g/mol. The number of hydrogen-bond donors (Lipinski definition) is 2. The number of nitrogens with two attached hydrogens (primary N) is 1. The molecule has 0 atom stereocenters. The van der Waals surface area contributed by atoms with Crippen molar-refractivity contribution in [3.8, 4) is 16.9 Å². The summed E-state index contributed by atoms with van der Waals surface area (Å²) in [5.41, 5.74) is 8.84. The van der Waals surface area contributed by atoms with Crippen LogP contribution in [0.1, 0.15) is 15.9 Å². The highest BCUT2D eigenvalue weighted by Gasteiger charge is 2.20. The Morgan fingerprint density at radius 3 is 2.78 bits per heavy atom. The molecule has 0 aliphatic carbocycles. The molecule has 0 fully saturated rings. The first-order valence-corrected chi connectivity index (χ1v) is 7.39. The molecule has 0 bridgehead atoms. The molecule has 3 heterocycles. The third-order valence-corrected chi connectivity index (χ3v) is 4.01. The highest BCUT2D eigenvalue weighted by molar-refractivity contribution is 6.00. The highest BCUT2D eigenvalue weighted by Crippen LogP contribution is 2.29. The number of nitrogens with one attached hydrogen (secondary N) is 1. The molecular weight excluding hydrogens is 290 g/mol. The van der Waals surface area contributed by atoms with Crippen LogP contribution in [0.25, 0.3) is 16.9 Å². The van der Waals surface area contributed by atoms with E-state index in [1.54, 1.807) is 6.20 Å². The van der Waals surface area contributed by atoms with E-state index in [-0.39, 0.29) is 0 Å². The van der Waals surface area contributed by atoms with E-state index in [4.69, 9.17) is 5.73 Å². The SMILES string of the molecule is NC(=O)c1cn(-c2ncnc3c2CCN3)cc1-c1ccccc1. The van der Waals surface area contributed by atoms with Crippen molar-refractivity contribution in [2.45, 2.75) is 6.42 Å². The molecule has 1 aliphatic rings. The van der Waals surface area contributed by atoms with Gasteiger partial charge in [0, 0.05) is 30.1 Å². The van der Waals surface area contributed by atoms with E-state index in [0.29, 0.717) is 5.56 Å². The lowest BCUT2D eigenvalue weighted by molar-refractivity contribution is 0.100. The number of fused-ring (bicyclic) bond motifs is 1. The number of amides is 1. The van der Waals surface area contributed by atoms with Crippen molar-refractivity contribution in [2.24, 2.45) is 5.73 Å². The van der Waals surface area contributed by atoms with Gasteiger partial charge in [-0.15, -0.1) is 0 Å². The summed E-state index contributed by atoms with van der Waals surface area (Å²) < 4.78 is 1.86. The fourth-order valence-electron chi connectivity index (χ4n) is 2.93. The first-order valence-electron chi connectivity index (χ1n) is 7.39. The lowest BCUT2D eigenvalue weighted by Crippen LogP contribution is -2.11. The van der Waals surface area contributed by atoms with Crippen molar-refractivity contribution in [1.29, 1.82) is 0 Å². The molecule has 6 nitrogen and oxygen atoms in total. The summed E-state index contributed by atoms with van der Waals surface area (Å²) in [6.07, 6.45) is 6.02. The smallest absolute Gasteiger partial charge is 0.250 e. The van der Waals surface area contributed by atoms with Crippen molar-refractivity contribution in [1.82, 2.24) is 14.5 Å². The lowest BCUT2D eigenvalue weighted by atomic mass is 10.0. The summed E-state index contributed by atoms with van der Waals surface area (Å²) in [7, 11) is 0. The number of rotatable bonds is 3. The van der Waals surface area contributed by atoms with E-state index in [2.05, 4.69) is 15.3 Å². The van der Waals surface area contributed by atoms with Crippen molar-refractivity contribution < 1.29 is 4.79 Å². The Balaban J connectivity index is 1.89. The van der Waals surface area contributed by atoms with Gasteiger partial charge in [0.2, 0.25) is 0 Å². The molecular formula is C17H15N5O. The Hall–Kier alpha value is -3.15. The first kappa shape index (κ1) is 13.5. The number of primary amides is 1. The second kappa shape index (κ2) is 5.24. The summed E-state index contributed by atoms with van der Waals surface area (Å²) in [5.74, 6) is 1.18. The fourth-order valence-corrected chi connectivity index (χ4v) is 2.93. The van der Waals surface area contributed by atoms with Gasteiger partial charge < -0.3 is 15.6 Å². The second-order valence-electron chi connectivity index (χ2n) is 5.42. The third kappa shape index (κ3) is 2.24. The minimum Gasteiger partial charge on any atom is -0.369 e. The largest absolute Gasteiger partial charge is 0.369 e. The van der Waals surface area contributed by atoms with Crippen molar-refractivity contribution >= 4 is 11.7 Å². The van der Waals surface area contributed by atoms with Gasteiger partial charge in [0.25, 0.3) is 5.91 Å². The Morgan fingerprint density at radius 2 is 2.00 bits per heavy atom. The van der Waals surface area contributed by atoms with Crippen LogP contribution in [0.2, 0.25) is 0 Å². The topological polar surface area (TPSA) is 85.8 Å². The molecule has 0 saturated heterocycles. The molecule has 1 amide bonds. The quantitative estimate of drug-likeness (QED) is 0.775. The molecule has 3 aromatic rings. The molecule has 0 spiro atoms. The number of aromatic nitrogens is 3. The predicted molar refractivity (Wildman–Crippen MR) is 87.5 cm³/mol. The van der Waals surface area contributed by atoms with Gasteiger partial charge in [-0.3, -0.25) is 4.79 Å². The summed E-state index contributed by atoms with van der Waals surface area (Å²) in [6.45, 7) is 0.844. The van der Waals surface area contributed by atoms with Crippen molar-refractivity contribution in [2.75, 3.05) is 11.9 Å². The third-order valence-electron chi connectivity index (χ3n) is 4.01. The van der Waals surface area contributed by atoms with Crippen LogP contribution in [-0.2, 0) is 6.42 Å². The molecule has 0 radical (unpaired) electrons. The van der Waals surface area contributed by atoms with E-state index < -0.39 is 5.91 Å². The van der Waals surface area contributed by atoms with E-state index in [1.807, 2.05) is 41.1 Å². The number of benzene rings is 1. The Kier molecular flexibility index (Phi) is 3.08. The molecule has 3 N–H and O–H groups in total. The van der Waals surface area contributed by atoms with Crippen LogP contribution in [0.4, 0.5) is 5.82 Å². The Labute approximate surface area is 133 Å². The summed E-state index contributed by atoms with van der Waals surface area (Å²) in [6, 6.07) is 9.72. The lowest BCUT2D eigenvalue weighted by Gasteiger charge is -2.06. The number of nitrogens with zero attached hydrogens (tertiary/aromatic N) is 3. The fraction of sp³-hybridized carbons (Fsp3) is 0.118. The molecule has 1 aliphatic heterocycles. The first-order chi connectivity index (χ1) is 11.2. The molecule has 1 aromatic carbocycles. The van der Waals surface area contributed by atoms with Crippen LogP contribution < -0.4 is 11.1 Å². The molecule has 2 aromatic heterocycles. The van der Waals surface area contributed by atoms with E-state index in [9.17, 15) is 4.79 Å². The maximum atomic E-state index is 11.8. The van der Waals surface area contributed by atoms with Gasteiger partial charge in [-0.2, -0.15) is 0 Å². The summed E-state index contributed by atoms with van der Waals surface area (Å²) in [4.78, 5) is 20.5. The second-order valence-corrected chi connectivity index (χ2v) is 5.42. The van der Waals surface area contributed by atoms with Gasteiger partial charge in [0.15, 0.2) is 0 Å². The summed E-state index contributed by atoms with van der Waals surface area (Å²) >= 11 is 0. The molecule has 0 saturated carbocycles. The van der Waals surface area contributed by atoms with Crippen LogP contribution in [-0.4, -0.2) is 27.0 Å². The zero-order valence-corrected chi connectivity index (χ0v) is 12.4. The van der Waals surface area contributed by atoms with Crippen LogP contribution >= 0.6 is 0 Å². The normalized spacial score (nSPS) is 12.7. The van der Waals surface area contributed by atoms with Gasteiger partial charge in [0.05, 0.1) is 5.56 Å². The van der Waals surface area contributed by atoms with Gasteiger partial charge in [0.1, 0.15) is 18.0 Å². The van der Waals surface area contributed by atoms with Gasteiger partial charge >= 0.3 is 0 Å². The maximum absolute atomic E-state index is 11.8. The predicted octanol–water partition coefficient (Wildman–Crippen LogP) is 2.00. The van der Waals surface area contributed by atoms with E-state index >= 15 is 0 Å². The Morgan fingerprint density at radius 1 is 1.17 bits per heavy atom. The van der Waals surface area contributed by atoms with Gasteiger partial charge in [-0.25, -0.2) is 9.97 Å². The van der Waals surface area contributed by atoms with Crippen LogP contribution in [0.5, 0.6) is 0 Å². The van der Waals surface area contributed by atoms with Crippen LogP contribution in [0, 0.1) is 0 Å². The molecule has 4 rings (SSSR count). The number of carbonyl (C=O) groups excluding carboxylic acids is 1. The van der Waals surface area contributed by atoms with Gasteiger partial charge in [-0.1, -0.05) is 30.3 Å². The molecule has 6 heteroatoms. The zero-order valence-electron chi connectivity index (χ0n) is 12.4.